The Labute approximate surface area is 98.7 Å². The molecule has 1 aromatic carbocycles. The van der Waals surface area contributed by atoms with Crippen LogP contribution in [0.5, 0.6) is 5.75 Å². The maximum atomic E-state index is 5.59. The first kappa shape index (κ1) is 12.5. The SMILES string of the molecule is CCOCCOc1ccc(Br)c(CN)c1. The van der Waals surface area contributed by atoms with Gasteiger partial charge in [0.05, 0.1) is 6.61 Å². The molecule has 0 spiro atoms. The van der Waals surface area contributed by atoms with Gasteiger partial charge >= 0.3 is 0 Å². The second-order valence-electron chi connectivity index (χ2n) is 3.00. The van der Waals surface area contributed by atoms with Crippen LogP contribution in [0.3, 0.4) is 0 Å². The van der Waals surface area contributed by atoms with E-state index in [1.807, 2.05) is 25.1 Å². The van der Waals surface area contributed by atoms with Gasteiger partial charge in [-0.2, -0.15) is 0 Å². The monoisotopic (exact) mass is 273 g/mol. The number of ether oxygens (including phenoxy) is 2. The van der Waals surface area contributed by atoms with Crippen molar-refractivity contribution >= 4 is 15.9 Å². The third-order valence-electron chi connectivity index (χ3n) is 1.94. The van der Waals surface area contributed by atoms with Gasteiger partial charge in [0.15, 0.2) is 0 Å². The highest BCUT2D eigenvalue weighted by Crippen LogP contribution is 2.22. The lowest BCUT2D eigenvalue weighted by Crippen LogP contribution is -2.07. The Balaban J connectivity index is 2.47. The summed E-state index contributed by atoms with van der Waals surface area (Å²) in [5, 5.41) is 0. The topological polar surface area (TPSA) is 44.5 Å². The van der Waals surface area contributed by atoms with Crippen LogP contribution >= 0.6 is 15.9 Å². The highest BCUT2D eigenvalue weighted by Gasteiger charge is 2.00. The Morgan fingerprint density at radius 1 is 1.33 bits per heavy atom. The van der Waals surface area contributed by atoms with Crippen molar-refractivity contribution in [2.24, 2.45) is 5.73 Å². The zero-order valence-corrected chi connectivity index (χ0v) is 10.4. The molecular formula is C11H16BrNO2. The lowest BCUT2D eigenvalue weighted by atomic mass is 10.2. The van der Waals surface area contributed by atoms with Gasteiger partial charge in [0.2, 0.25) is 0 Å². The van der Waals surface area contributed by atoms with Crippen LogP contribution in [0.25, 0.3) is 0 Å². The summed E-state index contributed by atoms with van der Waals surface area (Å²) in [6.07, 6.45) is 0. The van der Waals surface area contributed by atoms with E-state index in [1.54, 1.807) is 0 Å². The van der Waals surface area contributed by atoms with Crippen molar-refractivity contribution in [3.63, 3.8) is 0 Å². The fraction of sp³-hybridized carbons (Fsp3) is 0.455. The lowest BCUT2D eigenvalue weighted by molar-refractivity contribution is 0.110. The highest BCUT2D eigenvalue weighted by molar-refractivity contribution is 9.10. The summed E-state index contributed by atoms with van der Waals surface area (Å²) in [7, 11) is 0. The van der Waals surface area contributed by atoms with Crippen LogP contribution in [-0.4, -0.2) is 19.8 Å². The number of halogens is 1. The molecule has 0 aromatic heterocycles. The summed E-state index contributed by atoms with van der Waals surface area (Å²) < 4.78 is 11.7. The molecule has 0 bridgehead atoms. The molecule has 1 rings (SSSR count). The molecule has 15 heavy (non-hydrogen) atoms. The van der Waals surface area contributed by atoms with E-state index in [0.29, 0.717) is 19.8 Å². The molecule has 4 heteroatoms. The van der Waals surface area contributed by atoms with Gasteiger partial charge in [-0.1, -0.05) is 15.9 Å². The molecule has 0 atom stereocenters. The minimum absolute atomic E-state index is 0.503. The summed E-state index contributed by atoms with van der Waals surface area (Å²) in [5.74, 6) is 0.832. The van der Waals surface area contributed by atoms with Crippen LogP contribution < -0.4 is 10.5 Å². The van der Waals surface area contributed by atoms with Gasteiger partial charge in [-0.15, -0.1) is 0 Å². The molecule has 1 aromatic rings. The van der Waals surface area contributed by atoms with Crippen molar-refractivity contribution < 1.29 is 9.47 Å². The van der Waals surface area contributed by atoms with Crippen molar-refractivity contribution in [3.8, 4) is 5.75 Å². The number of rotatable bonds is 6. The molecule has 0 aliphatic heterocycles. The third-order valence-corrected chi connectivity index (χ3v) is 2.71. The lowest BCUT2D eigenvalue weighted by Gasteiger charge is -2.08. The van der Waals surface area contributed by atoms with Crippen molar-refractivity contribution in [3.05, 3.63) is 28.2 Å². The van der Waals surface area contributed by atoms with E-state index in [0.717, 1.165) is 22.4 Å². The quantitative estimate of drug-likeness (QED) is 0.810. The Hall–Kier alpha value is -0.580. The van der Waals surface area contributed by atoms with Crippen molar-refractivity contribution in [1.29, 1.82) is 0 Å². The largest absolute Gasteiger partial charge is 0.491 e. The van der Waals surface area contributed by atoms with E-state index >= 15 is 0 Å². The molecule has 0 aliphatic carbocycles. The zero-order chi connectivity index (χ0) is 11.1. The molecule has 0 radical (unpaired) electrons. The molecule has 0 saturated heterocycles. The fourth-order valence-corrected chi connectivity index (χ4v) is 1.57. The highest BCUT2D eigenvalue weighted by atomic mass is 79.9. The van der Waals surface area contributed by atoms with Crippen LogP contribution in [0.15, 0.2) is 22.7 Å². The van der Waals surface area contributed by atoms with E-state index in [4.69, 9.17) is 15.2 Å². The molecule has 2 N–H and O–H groups in total. The summed E-state index contributed by atoms with van der Waals surface area (Å²) in [6, 6.07) is 5.80. The maximum absolute atomic E-state index is 5.59. The average Bonchev–Trinajstić information content (AvgIpc) is 2.26. The molecule has 0 unspecified atom stereocenters. The Kier molecular flexibility index (Phi) is 5.68. The van der Waals surface area contributed by atoms with Crippen molar-refractivity contribution in [1.82, 2.24) is 0 Å². The van der Waals surface area contributed by atoms with E-state index in [9.17, 15) is 0 Å². The van der Waals surface area contributed by atoms with Crippen LogP contribution in [0.4, 0.5) is 0 Å². The summed E-state index contributed by atoms with van der Waals surface area (Å²) in [5.41, 5.74) is 6.63. The van der Waals surface area contributed by atoms with Gasteiger partial charge in [0, 0.05) is 17.6 Å². The molecule has 84 valence electrons. The van der Waals surface area contributed by atoms with Crippen LogP contribution in [0, 0.1) is 0 Å². The van der Waals surface area contributed by atoms with Gasteiger partial charge in [0.25, 0.3) is 0 Å². The first-order valence-corrected chi connectivity index (χ1v) is 5.76. The van der Waals surface area contributed by atoms with E-state index < -0.39 is 0 Å². The molecule has 0 aliphatic rings. The smallest absolute Gasteiger partial charge is 0.119 e. The third kappa shape index (κ3) is 4.20. The minimum atomic E-state index is 0.503. The molecule has 0 fully saturated rings. The summed E-state index contributed by atoms with van der Waals surface area (Å²) >= 11 is 3.42. The van der Waals surface area contributed by atoms with Gasteiger partial charge in [-0.25, -0.2) is 0 Å². The normalized spacial score (nSPS) is 10.3. The van der Waals surface area contributed by atoms with E-state index in [2.05, 4.69) is 15.9 Å². The number of benzene rings is 1. The van der Waals surface area contributed by atoms with E-state index in [1.165, 1.54) is 0 Å². The molecule has 0 heterocycles. The minimum Gasteiger partial charge on any atom is -0.491 e. The van der Waals surface area contributed by atoms with Gasteiger partial charge in [-0.3, -0.25) is 0 Å². The standard InChI is InChI=1S/C11H16BrNO2/c1-2-14-5-6-15-10-3-4-11(12)9(7-10)8-13/h3-4,7H,2,5-6,8,13H2,1H3. The van der Waals surface area contributed by atoms with Crippen molar-refractivity contribution in [2.45, 2.75) is 13.5 Å². The number of hydrogen-bond donors (Lipinski definition) is 1. The maximum Gasteiger partial charge on any atom is 0.119 e. The Bertz CT molecular complexity index is 305. The Morgan fingerprint density at radius 3 is 2.80 bits per heavy atom. The zero-order valence-electron chi connectivity index (χ0n) is 8.83. The molecule has 0 amide bonds. The predicted molar refractivity (Wildman–Crippen MR) is 64.0 cm³/mol. The summed E-state index contributed by atoms with van der Waals surface area (Å²) in [6.45, 7) is 4.37. The first-order chi connectivity index (χ1) is 7.27. The van der Waals surface area contributed by atoms with Gasteiger partial charge in [-0.05, 0) is 30.7 Å². The van der Waals surface area contributed by atoms with E-state index in [-0.39, 0.29) is 0 Å². The van der Waals surface area contributed by atoms with Crippen LogP contribution in [0.1, 0.15) is 12.5 Å². The van der Waals surface area contributed by atoms with Crippen LogP contribution in [-0.2, 0) is 11.3 Å². The average molecular weight is 274 g/mol. The fourth-order valence-electron chi connectivity index (χ4n) is 1.16. The Morgan fingerprint density at radius 2 is 2.13 bits per heavy atom. The molecule has 3 nitrogen and oxygen atoms in total. The van der Waals surface area contributed by atoms with Crippen molar-refractivity contribution in [2.75, 3.05) is 19.8 Å². The van der Waals surface area contributed by atoms with Crippen LogP contribution in [0.2, 0.25) is 0 Å². The van der Waals surface area contributed by atoms with Gasteiger partial charge in [0.1, 0.15) is 12.4 Å². The predicted octanol–water partition coefficient (Wildman–Crippen LogP) is 2.32. The summed E-state index contributed by atoms with van der Waals surface area (Å²) in [4.78, 5) is 0. The first-order valence-electron chi connectivity index (χ1n) is 4.97. The second-order valence-corrected chi connectivity index (χ2v) is 3.86. The molecular weight excluding hydrogens is 258 g/mol. The van der Waals surface area contributed by atoms with Gasteiger partial charge < -0.3 is 15.2 Å². The molecule has 0 saturated carbocycles. The number of hydrogen-bond acceptors (Lipinski definition) is 3. The number of nitrogens with two attached hydrogens (primary N) is 1. The second kappa shape index (κ2) is 6.82.